The molecule has 0 bridgehead atoms. The second kappa shape index (κ2) is 13.1. The van der Waals surface area contributed by atoms with Crippen molar-refractivity contribution >= 4 is 40.4 Å². The lowest BCUT2D eigenvalue weighted by atomic mass is 10.0. The molecule has 0 amide bonds. The van der Waals surface area contributed by atoms with E-state index in [9.17, 15) is 14.3 Å². The van der Waals surface area contributed by atoms with Crippen LogP contribution in [0.4, 0.5) is 4.39 Å². The number of thioether (sulfide) groups is 2. The van der Waals surface area contributed by atoms with Crippen molar-refractivity contribution in [2.45, 2.75) is 47.3 Å². The van der Waals surface area contributed by atoms with Gasteiger partial charge in [-0.2, -0.15) is 0 Å². The molecule has 0 aliphatic carbocycles. The zero-order valence-corrected chi connectivity index (χ0v) is 26.8. The Labute approximate surface area is 275 Å². The second-order valence-corrected chi connectivity index (χ2v) is 13.8. The summed E-state index contributed by atoms with van der Waals surface area (Å²) in [4.78, 5) is 18.5. The number of halogens is 1. The van der Waals surface area contributed by atoms with Crippen LogP contribution in [0.1, 0.15) is 39.8 Å². The smallest absolute Gasteiger partial charge is 0.336 e. The van der Waals surface area contributed by atoms with Crippen molar-refractivity contribution in [2.24, 2.45) is 0 Å². The molecule has 1 aliphatic rings. The first-order valence-corrected chi connectivity index (χ1v) is 17.0. The van der Waals surface area contributed by atoms with Crippen molar-refractivity contribution in [1.29, 1.82) is 0 Å². The van der Waals surface area contributed by atoms with Gasteiger partial charge in [0.05, 0.1) is 16.8 Å². The Morgan fingerprint density at radius 1 is 0.978 bits per heavy atom. The van der Waals surface area contributed by atoms with Gasteiger partial charge >= 0.3 is 5.97 Å². The molecule has 7 rings (SSSR count). The van der Waals surface area contributed by atoms with Gasteiger partial charge in [0.2, 0.25) is 0 Å². The van der Waals surface area contributed by atoms with Crippen LogP contribution in [0, 0.1) is 5.82 Å². The Morgan fingerprint density at radius 3 is 2.52 bits per heavy atom. The van der Waals surface area contributed by atoms with Crippen LogP contribution in [0.3, 0.4) is 0 Å². The standard InChI is InChI=1S/C38H31FN2O3S2/c1-24-19-31-34(44-22-29-16-13-27(20-40-29)26-7-3-2-4-8-26)18-17-32-36(31)37(46-24)33(41(32)21-25-11-14-28(39)15-12-25)23-45-35-10-6-5-9-30(35)38(42)43/h2-18,20,24H,19,21-23H2,1H3,(H,42,43). The number of carbonyl (C=O) groups is 1. The topological polar surface area (TPSA) is 64.3 Å². The van der Waals surface area contributed by atoms with Gasteiger partial charge in [0.25, 0.3) is 0 Å². The van der Waals surface area contributed by atoms with E-state index >= 15 is 0 Å². The van der Waals surface area contributed by atoms with E-state index in [4.69, 9.17) is 4.74 Å². The summed E-state index contributed by atoms with van der Waals surface area (Å²) in [5.41, 5.74) is 7.72. The molecule has 5 nitrogen and oxygen atoms in total. The first-order valence-electron chi connectivity index (χ1n) is 15.1. The predicted molar refractivity (Wildman–Crippen MR) is 183 cm³/mol. The third-order valence-electron chi connectivity index (χ3n) is 8.21. The van der Waals surface area contributed by atoms with E-state index in [2.05, 4.69) is 46.8 Å². The van der Waals surface area contributed by atoms with E-state index in [1.54, 1.807) is 12.1 Å². The number of hydrogen-bond donors (Lipinski definition) is 1. The second-order valence-electron chi connectivity index (χ2n) is 11.3. The average Bonchev–Trinajstić information content (AvgIpc) is 3.37. The summed E-state index contributed by atoms with van der Waals surface area (Å²) in [6, 6.07) is 32.2. The minimum atomic E-state index is -0.937. The molecule has 0 fully saturated rings. The molecular weight excluding hydrogens is 616 g/mol. The van der Waals surface area contributed by atoms with Gasteiger partial charge in [0, 0.05) is 55.7 Å². The Kier molecular flexibility index (Phi) is 8.56. The highest BCUT2D eigenvalue weighted by Crippen LogP contribution is 2.48. The molecule has 230 valence electrons. The van der Waals surface area contributed by atoms with Crippen molar-refractivity contribution in [1.82, 2.24) is 9.55 Å². The molecule has 1 N–H and O–H groups in total. The van der Waals surface area contributed by atoms with Crippen molar-refractivity contribution < 1.29 is 19.0 Å². The number of aromatic nitrogens is 2. The van der Waals surface area contributed by atoms with Crippen molar-refractivity contribution in [3.8, 4) is 16.9 Å². The van der Waals surface area contributed by atoms with Crippen LogP contribution in [0.25, 0.3) is 22.0 Å². The van der Waals surface area contributed by atoms with Crippen LogP contribution in [-0.4, -0.2) is 25.9 Å². The summed E-state index contributed by atoms with van der Waals surface area (Å²) in [5.74, 6) is 0.234. The fourth-order valence-corrected chi connectivity index (χ4v) is 8.46. The zero-order chi connectivity index (χ0) is 31.6. The van der Waals surface area contributed by atoms with Gasteiger partial charge < -0.3 is 14.4 Å². The van der Waals surface area contributed by atoms with Crippen molar-refractivity contribution in [2.75, 3.05) is 0 Å². The fraction of sp³-hybridized carbons (Fsp3) is 0.158. The first-order chi connectivity index (χ1) is 22.4. The van der Waals surface area contributed by atoms with Gasteiger partial charge in [-0.05, 0) is 60.0 Å². The number of pyridine rings is 1. The summed E-state index contributed by atoms with van der Waals surface area (Å²) in [6.45, 7) is 3.16. The molecule has 46 heavy (non-hydrogen) atoms. The summed E-state index contributed by atoms with van der Waals surface area (Å²) in [6.07, 6.45) is 2.75. The largest absolute Gasteiger partial charge is 0.487 e. The highest BCUT2D eigenvalue weighted by molar-refractivity contribution is 8.00. The molecule has 0 saturated carbocycles. The molecule has 2 aromatic heterocycles. The van der Waals surface area contributed by atoms with Crippen LogP contribution in [0.5, 0.6) is 5.75 Å². The van der Waals surface area contributed by atoms with E-state index in [0.29, 0.717) is 29.7 Å². The number of carboxylic acid groups (broad SMARTS) is 1. The third kappa shape index (κ3) is 6.15. The van der Waals surface area contributed by atoms with Gasteiger partial charge in [-0.15, -0.1) is 23.5 Å². The lowest BCUT2D eigenvalue weighted by Gasteiger charge is -2.22. The van der Waals surface area contributed by atoms with Crippen molar-refractivity contribution in [3.05, 3.63) is 143 Å². The average molecular weight is 647 g/mol. The van der Waals surface area contributed by atoms with E-state index < -0.39 is 5.97 Å². The molecule has 6 aromatic rings. The summed E-state index contributed by atoms with van der Waals surface area (Å²) in [7, 11) is 0. The lowest BCUT2D eigenvalue weighted by Crippen LogP contribution is -2.10. The highest BCUT2D eigenvalue weighted by atomic mass is 32.2. The van der Waals surface area contributed by atoms with Gasteiger partial charge in [0.1, 0.15) is 18.2 Å². The first kappa shape index (κ1) is 30.1. The van der Waals surface area contributed by atoms with E-state index in [1.807, 2.05) is 66.5 Å². The summed E-state index contributed by atoms with van der Waals surface area (Å²) >= 11 is 3.38. The maximum absolute atomic E-state index is 13.8. The van der Waals surface area contributed by atoms with E-state index in [-0.39, 0.29) is 5.82 Å². The van der Waals surface area contributed by atoms with Crippen LogP contribution < -0.4 is 4.74 Å². The SMILES string of the molecule is CC1Cc2c(OCc3ccc(-c4ccccc4)cn3)ccc3c2c(c(CSc2ccccc2C(=O)O)n3Cc2ccc(F)cc2)S1. The fourth-order valence-electron chi connectivity index (χ4n) is 5.98. The molecule has 0 spiro atoms. The summed E-state index contributed by atoms with van der Waals surface area (Å²) in [5, 5.41) is 11.3. The highest BCUT2D eigenvalue weighted by Gasteiger charge is 2.29. The molecule has 1 aliphatic heterocycles. The quantitative estimate of drug-likeness (QED) is 0.150. The molecule has 4 aromatic carbocycles. The van der Waals surface area contributed by atoms with E-state index in [0.717, 1.165) is 50.7 Å². The maximum Gasteiger partial charge on any atom is 0.336 e. The molecular formula is C38H31FN2O3S2. The minimum absolute atomic E-state index is 0.265. The van der Waals surface area contributed by atoms with Crippen molar-refractivity contribution in [3.63, 3.8) is 0 Å². The molecule has 0 radical (unpaired) electrons. The van der Waals surface area contributed by atoms with Gasteiger partial charge in [-0.25, -0.2) is 9.18 Å². The molecule has 1 unspecified atom stereocenters. The van der Waals surface area contributed by atoms with Gasteiger partial charge in [-0.3, -0.25) is 4.98 Å². The lowest BCUT2D eigenvalue weighted by molar-refractivity contribution is 0.0693. The number of aromatic carboxylic acids is 1. The number of rotatable bonds is 10. The predicted octanol–water partition coefficient (Wildman–Crippen LogP) is 9.50. The molecule has 0 saturated heterocycles. The van der Waals surface area contributed by atoms with Crippen LogP contribution in [0.2, 0.25) is 0 Å². The monoisotopic (exact) mass is 646 g/mol. The maximum atomic E-state index is 13.8. The molecule has 1 atom stereocenters. The normalized spacial score (nSPS) is 14.0. The van der Waals surface area contributed by atoms with Crippen LogP contribution in [-0.2, 0) is 25.3 Å². The minimum Gasteiger partial charge on any atom is -0.487 e. The third-order valence-corrected chi connectivity index (χ3v) is 10.5. The molecule has 3 heterocycles. The number of nitrogens with zero attached hydrogens (tertiary/aromatic N) is 2. The number of carboxylic acids is 1. The van der Waals surface area contributed by atoms with E-state index in [1.165, 1.54) is 39.7 Å². The Balaban J connectivity index is 1.24. The summed E-state index contributed by atoms with van der Waals surface area (Å²) < 4.78 is 22.6. The number of benzene rings is 4. The van der Waals surface area contributed by atoms with Gasteiger partial charge in [-0.1, -0.05) is 67.6 Å². The van der Waals surface area contributed by atoms with Crippen LogP contribution in [0.15, 0.2) is 119 Å². The zero-order valence-electron chi connectivity index (χ0n) is 25.2. The van der Waals surface area contributed by atoms with Crippen LogP contribution >= 0.6 is 23.5 Å². The number of hydrogen-bond acceptors (Lipinski definition) is 5. The molecule has 8 heteroatoms. The Bertz CT molecular complexity index is 2030. The number of ether oxygens (including phenoxy) is 1. The Morgan fingerprint density at radius 2 is 1.76 bits per heavy atom. The Hall–Kier alpha value is -4.53. The van der Waals surface area contributed by atoms with Gasteiger partial charge in [0.15, 0.2) is 0 Å².